The Morgan fingerprint density at radius 3 is 2.33 bits per heavy atom. The third-order valence-corrected chi connectivity index (χ3v) is 6.93. The molecular formula is C28H40F2N4O6. The maximum absolute atomic E-state index is 13.8. The summed E-state index contributed by atoms with van der Waals surface area (Å²) < 4.78 is 38.2. The smallest absolute Gasteiger partial charge is 0.410 e. The van der Waals surface area contributed by atoms with Crippen LogP contribution in [0.25, 0.3) is 0 Å². The van der Waals surface area contributed by atoms with Gasteiger partial charge in [-0.25, -0.2) is 18.4 Å². The summed E-state index contributed by atoms with van der Waals surface area (Å²) in [7, 11) is 1.48. The van der Waals surface area contributed by atoms with Crippen molar-refractivity contribution in [3.8, 4) is 0 Å². The van der Waals surface area contributed by atoms with Crippen molar-refractivity contribution in [1.29, 1.82) is 0 Å². The van der Waals surface area contributed by atoms with Crippen molar-refractivity contribution in [2.24, 2.45) is 5.92 Å². The van der Waals surface area contributed by atoms with Crippen molar-refractivity contribution in [2.45, 2.75) is 83.1 Å². The fourth-order valence-corrected chi connectivity index (χ4v) is 4.92. The molecule has 0 bridgehead atoms. The standard InChI is InChI=1S/C28H40F2N4O6/c1-27(2,3)40-25(37)32-23(24(36)34-15-14-28(29,30)18-34)20-10-12-21(13-11-20)31-22(35)16-33(4)26(38)39-17-19-8-6-5-7-9-19/h5-9,20-21,23H,10-18H2,1-4H3,(H,31,35)(H,32,37)/t20?,21?,23-/m0/s1. The van der Waals surface area contributed by atoms with Crippen LogP contribution in [0, 0.1) is 5.92 Å². The van der Waals surface area contributed by atoms with Crippen LogP contribution in [-0.4, -0.2) is 84.1 Å². The van der Waals surface area contributed by atoms with E-state index in [2.05, 4.69) is 10.6 Å². The Kier molecular flexibility index (Phi) is 10.3. The third-order valence-electron chi connectivity index (χ3n) is 6.93. The molecule has 0 unspecified atom stereocenters. The highest BCUT2D eigenvalue weighted by Crippen LogP contribution is 2.31. The maximum Gasteiger partial charge on any atom is 0.410 e. The molecule has 222 valence electrons. The average molecular weight is 567 g/mol. The minimum absolute atomic E-state index is 0.0783. The predicted octanol–water partition coefficient (Wildman–Crippen LogP) is 3.69. The van der Waals surface area contributed by atoms with Gasteiger partial charge in [-0.1, -0.05) is 30.3 Å². The van der Waals surface area contributed by atoms with E-state index in [0.717, 1.165) is 10.5 Å². The fourth-order valence-electron chi connectivity index (χ4n) is 4.92. The molecule has 1 saturated carbocycles. The van der Waals surface area contributed by atoms with Crippen LogP contribution in [0.1, 0.15) is 58.4 Å². The molecule has 2 N–H and O–H groups in total. The van der Waals surface area contributed by atoms with Crippen LogP contribution in [0.3, 0.4) is 0 Å². The van der Waals surface area contributed by atoms with Crippen LogP contribution in [-0.2, 0) is 25.7 Å². The monoisotopic (exact) mass is 566 g/mol. The molecule has 4 amide bonds. The Hall–Kier alpha value is -3.44. The molecule has 40 heavy (non-hydrogen) atoms. The second kappa shape index (κ2) is 13.3. The van der Waals surface area contributed by atoms with Crippen LogP contribution >= 0.6 is 0 Å². The van der Waals surface area contributed by atoms with Gasteiger partial charge in [-0.05, 0) is 57.9 Å². The number of hydrogen-bond donors (Lipinski definition) is 2. The van der Waals surface area contributed by atoms with Crippen LogP contribution in [0.5, 0.6) is 0 Å². The summed E-state index contributed by atoms with van der Waals surface area (Å²) in [6, 6.07) is 8.00. The van der Waals surface area contributed by atoms with E-state index in [4.69, 9.17) is 9.47 Å². The molecule has 1 aromatic rings. The number of nitrogens with zero attached hydrogens (tertiary/aromatic N) is 2. The van der Waals surface area contributed by atoms with Crippen LogP contribution in [0.4, 0.5) is 18.4 Å². The lowest BCUT2D eigenvalue weighted by Crippen LogP contribution is -2.54. The van der Waals surface area contributed by atoms with Gasteiger partial charge >= 0.3 is 12.2 Å². The van der Waals surface area contributed by atoms with E-state index in [0.29, 0.717) is 25.7 Å². The molecule has 2 aliphatic rings. The number of alkyl carbamates (subject to hydrolysis) is 1. The number of likely N-dealkylation sites (N-methyl/N-ethyl adjacent to an activating group) is 1. The number of amides is 4. The molecule has 2 fully saturated rings. The number of carbonyl (C=O) groups excluding carboxylic acids is 4. The normalized spacial score (nSPS) is 21.2. The second-order valence-electron chi connectivity index (χ2n) is 11.6. The van der Waals surface area contributed by atoms with Gasteiger partial charge in [-0.15, -0.1) is 0 Å². The number of hydrogen-bond acceptors (Lipinski definition) is 6. The van der Waals surface area contributed by atoms with Crippen LogP contribution in [0.15, 0.2) is 30.3 Å². The lowest BCUT2D eigenvalue weighted by Gasteiger charge is -2.36. The van der Waals surface area contributed by atoms with E-state index in [1.165, 1.54) is 11.9 Å². The molecule has 3 rings (SSSR count). The van der Waals surface area contributed by atoms with Gasteiger partial charge in [-0.3, -0.25) is 9.59 Å². The Morgan fingerprint density at radius 1 is 1.10 bits per heavy atom. The van der Waals surface area contributed by atoms with Crippen molar-refractivity contribution < 1.29 is 37.4 Å². The van der Waals surface area contributed by atoms with E-state index < -0.39 is 48.6 Å². The average Bonchev–Trinajstić information content (AvgIpc) is 3.25. The minimum Gasteiger partial charge on any atom is -0.445 e. The number of rotatable bonds is 8. The fraction of sp³-hybridized carbons (Fsp3) is 0.643. The van der Waals surface area contributed by atoms with Gasteiger partial charge in [0.05, 0.1) is 6.54 Å². The Bertz CT molecular complexity index is 1040. The first-order valence-electron chi connectivity index (χ1n) is 13.6. The van der Waals surface area contributed by atoms with Crippen molar-refractivity contribution >= 4 is 24.0 Å². The molecule has 10 nitrogen and oxygen atoms in total. The van der Waals surface area contributed by atoms with Gasteiger partial charge in [0.1, 0.15) is 24.8 Å². The summed E-state index contributed by atoms with van der Waals surface area (Å²) in [5.74, 6) is -4.15. The summed E-state index contributed by atoms with van der Waals surface area (Å²) >= 11 is 0. The van der Waals surface area contributed by atoms with Gasteiger partial charge < -0.3 is 29.9 Å². The molecule has 12 heteroatoms. The number of benzene rings is 1. The van der Waals surface area contributed by atoms with Gasteiger partial charge in [0.2, 0.25) is 11.8 Å². The number of likely N-dealkylation sites (tertiary alicyclic amines) is 1. The highest BCUT2D eigenvalue weighted by molar-refractivity contribution is 5.86. The summed E-state index contributed by atoms with van der Waals surface area (Å²) in [5, 5.41) is 5.53. The van der Waals surface area contributed by atoms with Crippen molar-refractivity contribution in [3.05, 3.63) is 35.9 Å². The lowest BCUT2D eigenvalue weighted by molar-refractivity contribution is -0.136. The molecule has 1 aromatic carbocycles. The zero-order chi connectivity index (χ0) is 29.5. The second-order valence-corrected chi connectivity index (χ2v) is 11.6. The van der Waals surface area contributed by atoms with Crippen molar-refractivity contribution in [3.63, 3.8) is 0 Å². The van der Waals surface area contributed by atoms with Crippen LogP contribution < -0.4 is 10.6 Å². The van der Waals surface area contributed by atoms with E-state index in [-0.39, 0.29) is 37.6 Å². The zero-order valence-corrected chi connectivity index (χ0v) is 23.6. The number of halogens is 2. The number of alkyl halides is 2. The van der Waals surface area contributed by atoms with E-state index in [9.17, 15) is 28.0 Å². The SMILES string of the molecule is CN(CC(=O)NC1CCC([C@H](NC(=O)OC(C)(C)C)C(=O)N2CCC(F)(F)C2)CC1)C(=O)OCc1ccccc1. The topological polar surface area (TPSA) is 117 Å². The Balaban J connectivity index is 1.50. The molecule has 1 saturated heterocycles. The summed E-state index contributed by atoms with van der Waals surface area (Å²) in [5.41, 5.74) is 0.0448. The summed E-state index contributed by atoms with van der Waals surface area (Å²) in [4.78, 5) is 52.8. The number of ether oxygens (including phenoxy) is 2. The highest BCUT2D eigenvalue weighted by Gasteiger charge is 2.44. The molecule has 1 heterocycles. The van der Waals surface area contributed by atoms with E-state index in [1.54, 1.807) is 20.8 Å². The predicted molar refractivity (Wildman–Crippen MR) is 142 cm³/mol. The van der Waals surface area contributed by atoms with Crippen molar-refractivity contribution in [1.82, 2.24) is 20.4 Å². The van der Waals surface area contributed by atoms with Crippen molar-refractivity contribution in [2.75, 3.05) is 26.7 Å². The Morgan fingerprint density at radius 2 is 1.75 bits per heavy atom. The van der Waals surface area contributed by atoms with Gasteiger partial charge in [0.25, 0.3) is 5.92 Å². The first kappa shape index (κ1) is 31.1. The quantitative estimate of drug-likeness (QED) is 0.496. The molecule has 0 spiro atoms. The van der Waals surface area contributed by atoms with E-state index >= 15 is 0 Å². The lowest BCUT2D eigenvalue weighted by atomic mass is 9.81. The number of carbonyl (C=O) groups is 4. The summed E-state index contributed by atoms with van der Waals surface area (Å²) in [6.07, 6.45) is 0.194. The third kappa shape index (κ3) is 9.63. The molecular weight excluding hydrogens is 526 g/mol. The highest BCUT2D eigenvalue weighted by atomic mass is 19.3. The van der Waals surface area contributed by atoms with Crippen LogP contribution in [0.2, 0.25) is 0 Å². The molecule has 0 radical (unpaired) electrons. The molecule has 0 aromatic heterocycles. The maximum atomic E-state index is 13.8. The largest absolute Gasteiger partial charge is 0.445 e. The molecule has 1 atom stereocenters. The molecule has 1 aliphatic carbocycles. The number of nitrogens with one attached hydrogen (secondary N) is 2. The minimum atomic E-state index is -2.95. The van der Waals surface area contributed by atoms with Gasteiger partial charge in [0.15, 0.2) is 0 Å². The Labute approximate surface area is 233 Å². The molecule has 1 aliphatic heterocycles. The first-order chi connectivity index (χ1) is 18.7. The van der Waals surface area contributed by atoms with Gasteiger partial charge in [-0.2, -0.15) is 0 Å². The van der Waals surface area contributed by atoms with E-state index in [1.807, 2.05) is 30.3 Å². The zero-order valence-electron chi connectivity index (χ0n) is 23.6. The van der Waals surface area contributed by atoms with Gasteiger partial charge in [0, 0.05) is 26.1 Å². The first-order valence-corrected chi connectivity index (χ1v) is 13.6. The summed E-state index contributed by atoms with van der Waals surface area (Å²) in [6.45, 7) is 4.24.